The SMILES string of the molecule is N[C@@H]1CC[C@@H](C(=O)NC2(c3ccc(Cl)cc3)CC2)OC1. The fourth-order valence-corrected chi connectivity index (χ4v) is 2.80. The summed E-state index contributed by atoms with van der Waals surface area (Å²) in [5.41, 5.74) is 6.67. The zero-order valence-electron chi connectivity index (χ0n) is 11.3. The van der Waals surface area contributed by atoms with E-state index in [2.05, 4.69) is 5.32 Å². The normalized spacial score (nSPS) is 27.9. The molecule has 0 aromatic heterocycles. The van der Waals surface area contributed by atoms with Gasteiger partial charge in [-0.05, 0) is 43.4 Å². The molecule has 2 atom stereocenters. The quantitative estimate of drug-likeness (QED) is 0.895. The van der Waals surface area contributed by atoms with Crippen molar-refractivity contribution in [3.63, 3.8) is 0 Å². The van der Waals surface area contributed by atoms with E-state index in [1.807, 2.05) is 24.3 Å². The van der Waals surface area contributed by atoms with Gasteiger partial charge >= 0.3 is 0 Å². The molecule has 1 aliphatic carbocycles. The van der Waals surface area contributed by atoms with E-state index in [1.54, 1.807) is 0 Å². The van der Waals surface area contributed by atoms with Crippen molar-refractivity contribution in [1.82, 2.24) is 5.32 Å². The van der Waals surface area contributed by atoms with Gasteiger partial charge in [-0.25, -0.2) is 0 Å². The Bertz CT molecular complexity index is 491. The van der Waals surface area contributed by atoms with Crippen molar-refractivity contribution in [2.45, 2.75) is 43.4 Å². The van der Waals surface area contributed by atoms with Crippen LogP contribution in [0.2, 0.25) is 5.02 Å². The van der Waals surface area contributed by atoms with Crippen molar-refractivity contribution < 1.29 is 9.53 Å². The van der Waals surface area contributed by atoms with Gasteiger partial charge in [-0.1, -0.05) is 23.7 Å². The number of halogens is 1. The van der Waals surface area contributed by atoms with Crippen molar-refractivity contribution in [2.75, 3.05) is 6.61 Å². The molecule has 2 fully saturated rings. The van der Waals surface area contributed by atoms with Crippen LogP contribution >= 0.6 is 11.6 Å². The standard InChI is InChI=1S/C15H19ClN2O2/c16-11-3-1-10(2-4-11)15(7-8-15)18-14(19)13-6-5-12(17)9-20-13/h1-4,12-13H,5-9,17H2,(H,18,19)/t12-,13+/m1/s1. The maximum atomic E-state index is 12.3. The number of hydrogen-bond donors (Lipinski definition) is 2. The molecule has 2 aliphatic rings. The number of rotatable bonds is 3. The van der Waals surface area contributed by atoms with E-state index in [1.165, 1.54) is 0 Å². The lowest BCUT2D eigenvalue weighted by Crippen LogP contribution is -2.47. The molecule has 0 radical (unpaired) electrons. The van der Waals surface area contributed by atoms with Gasteiger partial charge in [0, 0.05) is 11.1 Å². The van der Waals surface area contributed by atoms with Crippen molar-refractivity contribution in [3.05, 3.63) is 34.9 Å². The zero-order valence-corrected chi connectivity index (χ0v) is 12.0. The van der Waals surface area contributed by atoms with Crippen molar-refractivity contribution >= 4 is 17.5 Å². The summed E-state index contributed by atoms with van der Waals surface area (Å²) >= 11 is 5.90. The number of nitrogens with one attached hydrogen (secondary N) is 1. The number of nitrogens with two attached hydrogens (primary N) is 1. The monoisotopic (exact) mass is 294 g/mol. The van der Waals surface area contributed by atoms with Crippen LogP contribution in [0.15, 0.2) is 24.3 Å². The van der Waals surface area contributed by atoms with E-state index in [4.69, 9.17) is 22.1 Å². The third kappa shape index (κ3) is 2.82. The average molecular weight is 295 g/mol. The van der Waals surface area contributed by atoms with E-state index >= 15 is 0 Å². The first kappa shape index (κ1) is 13.9. The largest absolute Gasteiger partial charge is 0.367 e. The number of benzene rings is 1. The second kappa shape index (κ2) is 5.35. The zero-order chi connectivity index (χ0) is 14.2. The third-order valence-electron chi connectivity index (χ3n) is 4.11. The molecule has 1 saturated heterocycles. The molecule has 4 nitrogen and oxygen atoms in total. The molecule has 0 unspecified atom stereocenters. The van der Waals surface area contributed by atoms with Gasteiger partial charge in [0.1, 0.15) is 6.10 Å². The van der Waals surface area contributed by atoms with E-state index < -0.39 is 0 Å². The minimum Gasteiger partial charge on any atom is -0.367 e. The van der Waals surface area contributed by atoms with Crippen LogP contribution in [0.1, 0.15) is 31.2 Å². The molecule has 1 aliphatic heterocycles. The van der Waals surface area contributed by atoms with Crippen LogP contribution in [0, 0.1) is 0 Å². The van der Waals surface area contributed by atoms with Crippen LogP contribution in [0.4, 0.5) is 0 Å². The predicted molar refractivity (Wildman–Crippen MR) is 77.5 cm³/mol. The summed E-state index contributed by atoms with van der Waals surface area (Å²) in [6.07, 6.45) is 3.11. The third-order valence-corrected chi connectivity index (χ3v) is 4.36. The van der Waals surface area contributed by atoms with Crippen molar-refractivity contribution in [3.8, 4) is 0 Å². The van der Waals surface area contributed by atoms with Gasteiger partial charge in [-0.15, -0.1) is 0 Å². The number of carbonyl (C=O) groups is 1. The van der Waals surface area contributed by atoms with Crippen molar-refractivity contribution in [2.24, 2.45) is 5.73 Å². The van der Waals surface area contributed by atoms with E-state index in [9.17, 15) is 4.79 Å². The van der Waals surface area contributed by atoms with E-state index in [-0.39, 0.29) is 23.6 Å². The molecule has 3 rings (SSSR count). The molecule has 0 spiro atoms. The van der Waals surface area contributed by atoms with Crippen LogP contribution < -0.4 is 11.1 Å². The first-order valence-electron chi connectivity index (χ1n) is 7.04. The Kier molecular flexibility index (Phi) is 3.71. The molecule has 108 valence electrons. The van der Waals surface area contributed by atoms with Gasteiger partial charge < -0.3 is 15.8 Å². The number of amides is 1. The summed E-state index contributed by atoms with van der Waals surface area (Å²) in [7, 11) is 0. The van der Waals surface area contributed by atoms with Gasteiger partial charge in [0.25, 0.3) is 0 Å². The molecular weight excluding hydrogens is 276 g/mol. The van der Waals surface area contributed by atoms with Crippen molar-refractivity contribution in [1.29, 1.82) is 0 Å². The second-order valence-electron chi connectivity index (χ2n) is 5.74. The maximum Gasteiger partial charge on any atom is 0.249 e. The molecule has 20 heavy (non-hydrogen) atoms. The number of ether oxygens (including phenoxy) is 1. The smallest absolute Gasteiger partial charge is 0.249 e. The molecule has 1 saturated carbocycles. The van der Waals surface area contributed by atoms with Gasteiger partial charge in [-0.2, -0.15) is 0 Å². The molecule has 0 bridgehead atoms. The topological polar surface area (TPSA) is 64.4 Å². The molecule has 1 amide bonds. The van der Waals surface area contributed by atoms with Gasteiger partial charge in [0.05, 0.1) is 12.1 Å². The minimum absolute atomic E-state index is 0.0237. The van der Waals surface area contributed by atoms with Crippen LogP contribution in [-0.2, 0) is 15.1 Å². The molecule has 1 aromatic rings. The fraction of sp³-hybridized carbons (Fsp3) is 0.533. The lowest BCUT2D eigenvalue weighted by atomic mass is 10.0. The average Bonchev–Trinajstić information content (AvgIpc) is 3.21. The Morgan fingerprint density at radius 1 is 1.30 bits per heavy atom. The Morgan fingerprint density at radius 3 is 2.55 bits per heavy atom. The lowest BCUT2D eigenvalue weighted by molar-refractivity contribution is -0.137. The molecule has 5 heteroatoms. The summed E-state index contributed by atoms with van der Waals surface area (Å²) in [5.74, 6) is -0.0237. The summed E-state index contributed by atoms with van der Waals surface area (Å²) in [4.78, 5) is 12.3. The first-order valence-corrected chi connectivity index (χ1v) is 7.42. The van der Waals surface area contributed by atoms with E-state index in [0.29, 0.717) is 18.1 Å². The van der Waals surface area contributed by atoms with Gasteiger partial charge in [0.15, 0.2) is 0 Å². The highest BCUT2D eigenvalue weighted by molar-refractivity contribution is 6.30. The Balaban J connectivity index is 1.65. The molecule has 1 heterocycles. The lowest BCUT2D eigenvalue weighted by Gasteiger charge is -2.28. The molecular formula is C15H19ClN2O2. The van der Waals surface area contributed by atoms with Gasteiger partial charge in [-0.3, -0.25) is 4.79 Å². The Morgan fingerprint density at radius 2 is 2.00 bits per heavy atom. The maximum absolute atomic E-state index is 12.3. The number of carbonyl (C=O) groups excluding carboxylic acids is 1. The Labute approximate surface area is 123 Å². The number of hydrogen-bond acceptors (Lipinski definition) is 3. The van der Waals surface area contributed by atoms with Crippen LogP contribution in [0.5, 0.6) is 0 Å². The summed E-state index contributed by atoms with van der Waals surface area (Å²) in [6, 6.07) is 7.74. The predicted octanol–water partition coefficient (Wildman–Crippen LogP) is 1.95. The highest BCUT2D eigenvalue weighted by atomic mass is 35.5. The van der Waals surface area contributed by atoms with Crippen LogP contribution in [-0.4, -0.2) is 24.7 Å². The Hall–Kier alpha value is -1.10. The fourth-order valence-electron chi connectivity index (χ4n) is 2.67. The minimum atomic E-state index is -0.362. The molecule has 3 N–H and O–H groups in total. The van der Waals surface area contributed by atoms with E-state index in [0.717, 1.165) is 24.8 Å². The van der Waals surface area contributed by atoms with Crippen LogP contribution in [0.25, 0.3) is 0 Å². The van der Waals surface area contributed by atoms with Gasteiger partial charge in [0.2, 0.25) is 5.91 Å². The first-order chi connectivity index (χ1) is 9.59. The summed E-state index contributed by atoms with van der Waals surface area (Å²) < 4.78 is 5.52. The molecule has 1 aromatic carbocycles. The summed E-state index contributed by atoms with van der Waals surface area (Å²) in [5, 5.41) is 3.85. The summed E-state index contributed by atoms with van der Waals surface area (Å²) in [6.45, 7) is 0.464. The van der Waals surface area contributed by atoms with Crippen LogP contribution in [0.3, 0.4) is 0 Å². The highest BCUT2D eigenvalue weighted by Crippen LogP contribution is 2.45. The second-order valence-corrected chi connectivity index (χ2v) is 6.17. The highest BCUT2D eigenvalue weighted by Gasteiger charge is 2.46.